The van der Waals surface area contributed by atoms with E-state index in [-0.39, 0.29) is 11.3 Å². The minimum atomic E-state index is -4.47. The molecule has 3 aromatic rings. The third kappa shape index (κ3) is 5.43. The maximum absolute atomic E-state index is 15.0. The SMILES string of the molecule is COc1cc(C)c(S(=O)(=O)N(C(c2ccccc2)c2ccc3cccc-3o2)[C@@H](Cc2ccccc2)C(=O)O)c(C)c1C. The van der Waals surface area contributed by atoms with Crippen molar-refractivity contribution < 1.29 is 27.5 Å². The molecule has 1 aliphatic carbocycles. The van der Waals surface area contributed by atoms with Crippen LogP contribution in [-0.2, 0) is 21.2 Å². The van der Waals surface area contributed by atoms with Crippen LogP contribution in [0.4, 0.5) is 0 Å². The number of carboxylic acids is 1. The number of benzene rings is 3. The third-order valence-corrected chi connectivity index (χ3v) is 9.86. The van der Waals surface area contributed by atoms with E-state index in [9.17, 15) is 9.90 Å². The fourth-order valence-corrected chi connectivity index (χ4v) is 7.76. The van der Waals surface area contributed by atoms with Crippen LogP contribution < -0.4 is 4.74 Å². The number of methoxy groups -OCH3 is 1. The van der Waals surface area contributed by atoms with Gasteiger partial charge in [0.2, 0.25) is 10.0 Å². The molecule has 1 heterocycles. The van der Waals surface area contributed by atoms with Crippen molar-refractivity contribution in [3.05, 3.63) is 131 Å². The molecule has 0 spiro atoms. The minimum Gasteiger partial charge on any atom is -0.496 e. The van der Waals surface area contributed by atoms with Gasteiger partial charge in [-0.05, 0) is 79.3 Å². The van der Waals surface area contributed by atoms with Gasteiger partial charge in [-0.1, -0.05) is 72.8 Å². The molecule has 8 heteroatoms. The standard InChI is InChI=1S/C34H33NO6S/c1-22-20-31(40-4)23(2)24(3)33(22)42(38,39)35(28(34(36)37)21-25-12-7-5-8-13-25)32(27-14-9-6-10-15-27)30-19-18-26-16-11-17-29(26)41-30/h5-20,28,32H,21H2,1-4H3,(H,36,37)/t28-,32?/m0/s1. The fourth-order valence-electron chi connectivity index (χ4n) is 5.55. The van der Waals surface area contributed by atoms with Crippen molar-refractivity contribution in [2.45, 2.75) is 44.2 Å². The molecule has 0 bridgehead atoms. The highest BCUT2D eigenvalue weighted by Gasteiger charge is 2.45. The monoisotopic (exact) mass is 583 g/mol. The first-order valence-electron chi connectivity index (χ1n) is 13.6. The zero-order chi connectivity index (χ0) is 30.0. The van der Waals surface area contributed by atoms with Gasteiger partial charge in [-0.2, -0.15) is 4.31 Å². The average molecular weight is 584 g/mol. The first-order valence-corrected chi connectivity index (χ1v) is 15.1. The second kappa shape index (κ2) is 11.8. The summed E-state index contributed by atoms with van der Waals surface area (Å²) in [5.74, 6) is 0.181. The molecule has 0 amide bonds. The van der Waals surface area contributed by atoms with Gasteiger partial charge in [0.05, 0.1) is 12.0 Å². The van der Waals surface area contributed by atoms with Crippen molar-refractivity contribution in [1.29, 1.82) is 0 Å². The number of hydrogen-bond donors (Lipinski definition) is 1. The summed E-state index contributed by atoms with van der Waals surface area (Å²) in [4.78, 5) is 13.2. The molecule has 0 radical (unpaired) electrons. The molecule has 1 N–H and O–H groups in total. The van der Waals surface area contributed by atoms with Crippen LogP contribution in [0.25, 0.3) is 11.3 Å². The van der Waals surface area contributed by atoms with Crippen molar-refractivity contribution in [2.24, 2.45) is 0 Å². The summed E-state index contributed by atoms with van der Waals surface area (Å²) in [5.41, 5.74) is 3.75. The summed E-state index contributed by atoms with van der Waals surface area (Å²) < 4.78 is 43.0. The summed E-state index contributed by atoms with van der Waals surface area (Å²) in [6, 6.07) is 26.3. The van der Waals surface area contributed by atoms with Crippen molar-refractivity contribution in [3.8, 4) is 17.1 Å². The number of ether oxygens (including phenoxy) is 1. The number of aliphatic carboxylic acids is 1. The van der Waals surface area contributed by atoms with Gasteiger partial charge in [0, 0.05) is 5.56 Å². The first-order chi connectivity index (χ1) is 20.1. The number of fused-ring (bicyclic) bond motifs is 1. The zero-order valence-corrected chi connectivity index (χ0v) is 24.8. The van der Waals surface area contributed by atoms with Crippen LogP contribution >= 0.6 is 0 Å². The summed E-state index contributed by atoms with van der Waals surface area (Å²) in [7, 11) is -2.94. The lowest BCUT2D eigenvalue weighted by atomic mass is 9.99. The minimum absolute atomic E-state index is 0.0510. The van der Waals surface area contributed by atoms with Gasteiger partial charge >= 0.3 is 5.97 Å². The van der Waals surface area contributed by atoms with Crippen LogP contribution in [0.5, 0.6) is 5.75 Å². The Morgan fingerprint density at radius 3 is 2.19 bits per heavy atom. The number of aryl methyl sites for hydroxylation is 1. The van der Waals surface area contributed by atoms with Crippen molar-refractivity contribution in [3.63, 3.8) is 0 Å². The maximum atomic E-state index is 15.0. The third-order valence-electron chi connectivity index (χ3n) is 7.70. The van der Waals surface area contributed by atoms with E-state index in [2.05, 4.69) is 0 Å². The Morgan fingerprint density at radius 1 is 0.881 bits per heavy atom. The number of sulfonamides is 1. The van der Waals surface area contributed by atoms with Crippen molar-refractivity contribution >= 4 is 16.0 Å². The molecule has 216 valence electrons. The molecule has 1 unspecified atom stereocenters. The van der Waals surface area contributed by atoms with Crippen molar-refractivity contribution in [1.82, 2.24) is 4.31 Å². The van der Waals surface area contributed by atoms with E-state index in [1.54, 1.807) is 75.4 Å². The number of nitrogens with zero attached hydrogens (tertiary/aromatic N) is 1. The van der Waals surface area contributed by atoms with Crippen LogP contribution in [-0.4, -0.2) is 37.0 Å². The summed E-state index contributed by atoms with van der Waals surface area (Å²) in [6.45, 7) is 5.22. The molecule has 0 fully saturated rings. The number of hydrogen-bond acceptors (Lipinski definition) is 5. The van der Waals surface area contributed by atoms with Crippen molar-refractivity contribution in [2.75, 3.05) is 7.11 Å². The smallest absolute Gasteiger partial charge is 0.322 e. The van der Waals surface area contributed by atoms with E-state index in [1.807, 2.05) is 42.5 Å². The Bertz CT molecular complexity index is 1780. The topological polar surface area (TPSA) is 97.1 Å². The predicted octanol–water partition coefficient (Wildman–Crippen LogP) is 6.79. The quantitative estimate of drug-likeness (QED) is 0.194. The zero-order valence-electron chi connectivity index (χ0n) is 23.9. The Kier molecular flexibility index (Phi) is 8.20. The lowest BCUT2D eigenvalue weighted by Crippen LogP contribution is -2.49. The maximum Gasteiger partial charge on any atom is 0.322 e. The summed E-state index contributed by atoms with van der Waals surface area (Å²) >= 11 is 0. The summed E-state index contributed by atoms with van der Waals surface area (Å²) in [6.07, 6.45) is -0.0510. The lowest BCUT2D eigenvalue weighted by Gasteiger charge is -2.36. The van der Waals surface area contributed by atoms with Gasteiger partial charge in [0.25, 0.3) is 0 Å². The highest BCUT2D eigenvalue weighted by atomic mass is 32.2. The number of carbonyl (C=O) groups is 1. The van der Waals surface area contributed by atoms with E-state index in [4.69, 9.17) is 9.15 Å². The van der Waals surface area contributed by atoms with Gasteiger partial charge < -0.3 is 14.3 Å². The predicted molar refractivity (Wildman–Crippen MR) is 161 cm³/mol. The van der Waals surface area contributed by atoms with Gasteiger partial charge in [0.1, 0.15) is 29.4 Å². The van der Waals surface area contributed by atoms with Crippen LogP contribution in [0.3, 0.4) is 0 Å². The molecule has 2 aliphatic rings. The highest BCUT2D eigenvalue weighted by molar-refractivity contribution is 7.89. The molecule has 0 saturated carbocycles. The molecule has 42 heavy (non-hydrogen) atoms. The van der Waals surface area contributed by atoms with Gasteiger partial charge in [-0.25, -0.2) is 8.42 Å². The molecule has 1 aliphatic heterocycles. The Hall–Kier alpha value is -4.40. The average Bonchev–Trinajstić information content (AvgIpc) is 3.45. The molecule has 2 atom stereocenters. The van der Waals surface area contributed by atoms with E-state index < -0.39 is 28.1 Å². The Balaban J connectivity index is 1.82. The molecule has 7 nitrogen and oxygen atoms in total. The van der Waals surface area contributed by atoms with Crippen LogP contribution in [0.2, 0.25) is 0 Å². The van der Waals surface area contributed by atoms with Gasteiger partial charge in [-0.15, -0.1) is 0 Å². The van der Waals surface area contributed by atoms with Crippen LogP contribution in [0, 0.1) is 20.8 Å². The van der Waals surface area contributed by atoms with Gasteiger partial charge in [-0.3, -0.25) is 4.79 Å². The van der Waals surface area contributed by atoms with Crippen LogP contribution in [0.1, 0.15) is 39.6 Å². The molecule has 0 saturated heterocycles. The molecule has 0 aromatic heterocycles. The number of rotatable bonds is 10. The van der Waals surface area contributed by atoms with E-state index in [0.717, 1.165) is 9.87 Å². The number of carboxylic acid groups (broad SMARTS) is 1. The van der Waals surface area contributed by atoms with E-state index in [1.165, 1.54) is 7.11 Å². The lowest BCUT2D eigenvalue weighted by molar-refractivity contribution is -0.142. The largest absolute Gasteiger partial charge is 0.496 e. The summed E-state index contributed by atoms with van der Waals surface area (Å²) in [5, 5.41) is 10.7. The van der Waals surface area contributed by atoms with E-state index in [0.29, 0.717) is 45.1 Å². The molecular formula is C34H33NO6S. The Morgan fingerprint density at radius 2 is 1.55 bits per heavy atom. The molecule has 5 rings (SSSR count). The van der Waals surface area contributed by atoms with Crippen LogP contribution in [0.15, 0.2) is 106 Å². The van der Waals surface area contributed by atoms with E-state index >= 15 is 8.42 Å². The normalized spacial score (nSPS) is 13.3. The highest BCUT2D eigenvalue weighted by Crippen LogP contribution is 2.41. The second-order valence-electron chi connectivity index (χ2n) is 10.3. The Labute approximate surface area is 246 Å². The molecular weight excluding hydrogens is 550 g/mol. The second-order valence-corrected chi connectivity index (χ2v) is 12.1. The fraction of sp³-hybridized carbons (Fsp3) is 0.206. The molecule has 3 aromatic carbocycles. The van der Waals surface area contributed by atoms with Gasteiger partial charge in [0.15, 0.2) is 0 Å². The first kappa shape index (κ1) is 29.1.